The van der Waals surface area contributed by atoms with Gasteiger partial charge < -0.3 is 10.1 Å². The number of carbonyl (C=O) groups excluding carboxylic acids is 2. The topological polar surface area (TPSA) is 55.4 Å². The molecule has 0 heterocycles. The summed E-state index contributed by atoms with van der Waals surface area (Å²) >= 11 is 0. The van der Waals surface area contributed by atoms with Crippen molar-refractivity contribution < 1.29 is 18.7 Å². The molecule has 1 aromatic carbocycles. The predicted octanol–water partition coefficient (Wildman–Crippen LogP) is 3.13. The molecule has 2 saturated carbocycles. The molecule has 22 heavy (non-hydrogen) atoms. The van der Waals surface area contributed by atoms with Crippen LogP contribution in [-0.2, 0) is 14.3 Å². The van der Waals surface area contributed by atoms with E-state index < -0.39 is 5.91 Å². The standard InChI is InChI=1S/C17H20FNO3/c18-14-3-5-15(6-4-14)19-16(20)10-22-17(21)9-13-8-11-1-2-12(13)7-11/h3-6,11-13H,1-2,7-10H2,(H,19,20)/t11-,12-,13+/m0/s1. The van der Waals surface area contributed by atoms with Crippen molar-refractivity contribution >= 4 is 17.6 Å². The fourth-order valence-corrected chi connectivity index (χ4v) is 3.78. The fourth-order valence-electron chi connectivity index (χ4n) is 3.78. The van der Waals surface area contributed by atoms with E-state index in [2.05, 4.69) is 5.32 Å². The number of ether oxygens (including phenoxy) is 1. The molecule has 1 amide bonds. The Morgan fingerprint density at radius 2 is 1.95 bits per heavy atom. The Balaban J connectivity index is 1.39. The normalized spacial score (nSPS) is 26.0. The lowest BCUT2D eigenvalue weighted by Gasteiger charge is -2.20. The van der Waals surface area contributed by atoms with Crippen LogP contribution in [0.2, 0.25) is 0 Å². The van der Waals surface area contributed by atoms with E-state index in [4.69, 9.17) is 4.74 Å². The molecular weight excluding hydrogens is 285 g/mol. The van der Waals surface area contributed by atoms with Crippen LogP contribution in [0.5, 0.6) is 0 Å². The van der Waals surface area contributed by atoms with Crippen LogP contribution in [0.4, 0.5) is 10.1 Å². The van der Waals surface area contributed by atoms with Gasteiger partial charge in [0.1, 0.15) is 5.82 Å². The van der Waals surface area contributed by atoms with Gasteiger partial charge in [0.15, 0.2) is 6.61 Å². The van der Waals surface area contributed by atoms with Gasteiger partial charge in [-0.3, -0.25) is 9.59 Å². The third-order valence-corrected chi connectivity index (χ3v) is 4.81. The minimum Gasteiger partial charge on any atom is -0.456 e. The van der Waals surface area contributed by atoms with Gasteiger partial charge in [-0.2, -0.15) is 0 Å². The number of hydrogen-bond donors (Lipinski definition) is 1. The molecule has 2 bridgehead atoms. The van der Waals surface area contributed by atoms with Gasteiger partial charge in [0.2, 0.25) is 0 Å². The van der Waals surface area contributed by atoms with Crippen LogP contribution >= 0.6 is 0 Å². The van der Waals surface area contributed by atoms with Crippen molar-refractivity contribution in [2.24, 2.45) is 17.8 Å². The number of esters is 1. The number of rotatable bonds is 5. The van der Waals surface area contributed by atoms with Gasteiger partial charge >= 0.3 is 5.97 Å². The molecule has 2 fully saturated rings. The molecule has 0 unspecified atom stereocenters. The van der Waals surface area contributed by atoms with Gasteiger partial charge in [0.25, 0.3) is 5.91 Å². The Morgan fingerprint density at radius 1 is 1.18 bits per heavy atom. The lowest BCUT2D eigenvalue weighted by Crippen LogP contribution is -2.23. The molecule has 2 aliphatic rings. The zero-order chi connectivity index (χ0) is 15.5. The Morgan fingerprint density at radius 3 is 2.59 bits per heavy atom. The second-order valence-corrected chi connectivity index (χ2v) is 6.35. The third kappa shape index (κ3) is 3.64. The maximum absolute atomic E-state index is 12.8. The molecule has 1 aromatic rings. The lowest BCUT2D eigenvalue weighted by molar-refractivity contribution is -0.148. The minimum absolute atomic E-state index is 0.295. The largest absolute Gasteiger partial charge is 0.456 e. The van der Waals surface area contributed by atoms with Crippen molar-refractivity contribution in [3.63, 3.8) is 0 Å². The van der Waals surface area contributed by atoms with Crippen LogP contribution in [0.3, 0.4) is 0 Å². The van der Waals surface area contributed by atoms with E-state index in [9.17, 15) is 14.0 Å². The van der Waals surface area contributed by atoms with Crippen LogP contribution < -0.4 is 5.32 Å². The highest BCUT2D eigenvalue weighted by molar-refractivity contribution is 5.92. The number of fused-ring (bicyclic) bond motifs is 2. The Bertz CT molecular complexity index is 558. The highest BCUT2D eigenvalue weighted by Crippen LogP contribution is 2.49. The second kappa shape index (κ2) is 6.46. The van der Waals surface area contributed by atoms with Crippen LogP contribution in [0, 0.1) is 23.6 Å². The van der Waals surface area contributed by atoms with Crippen molar-refractivity contribution in [3.05, 3.63) is 30.1 Å². The Kier molecular flexibility index (Phi) is 4.41. The number of halogens is 1. The third-order valence-electron chi connectivity index (χ3n) is 4.81. The van der Waals surface area contributed by atoms with E-state index in [0.717, 1.165) is 12.3 Å². The van der Waals surface area contributed by atoms with E-state index in [1.807, 2.05) is 0 Å². The summed E-state index contributed by atoms with van der Waals surface area (Å²) in [6, 6.07) is 5.45. The molecule has 3 rings (SSSR count). The van der Waals surface area contributed by atoms with E-state index in [0.29, 0.717) is 23.9 Å². The highest BCUT2D eigenvalue weighted by atomic mass is 19.1. The van der Waals surface area contributed by atoms with Crippen molar-refractivity contribution in [1.29, 1.82) is 0 Å². The van der Waals surface area contributed by atoms with E-state index in [-0.39, 0.29) is 18.4 Å². The zero-order valence-corrected chi connectivity index (χ0v) is 12.4. The molecule has 2 aliphatic carbocycles. The van der Waals surface area contributed by atoms with Crippen LogP contribution in [0.15, 0.2) is 24.3 Å². The van der Waals surface area contributed by atoms with E-state index >= 15 is 0 Å². The molecule has 0 saturated heterocycles. The predicted molar refractivity (Wildman–Crippen MR) is 79.5 cm³/mol. The molecule has 1 N–H and O–H groups in total. The monoisotopic (exact) mass is 305 g/mol. The number of benzene rings is 1. The molecular formula is C17H20FNO3. The summed E-state index contributed by atoms with van der Waals surface area (Å²) < 4.78 is 17.8. The molecule has 0 radical (unpaired) electrons. The van der Waals surface area contributed by atoms with Crippen molar-refractivity contribution in [2.75, 3.05) is 11.9 Å². The number of anilines is 1. The summed E-state index contributed by atoms with van der Waals surface area (Å²) in [5.41, 5.74) is 0.482. The molecule has 4 nitrogen and oxygen atoms in total. The number of nitrogens with one attached hydrogen (secondary N) is 1. The molecule has 0 aromatic heterocycles. The van der Waals surface area contributed by atoms with Gasteiger partial charge in [-0.05, 0) is 61.3 Å². The zero-order valence-electron chi connectivity index (χ0n) is 12.4. The first kappa shape index (κ1) is 15.0. The first-order valence-electron chi connectivity index (χ1n) is 7.81. The Hall–Kier alpha value is -1.91. The average molecular weight is 305 g/mol. The van der Waals surface area contributed by atoms with Gasteiger partial charge in [0, 0.05) is 12.1 Å². The van der Waals surface area contributed by atoms with Crippen molar-refractivity contribution in [1.82, 2.24) is 0 Å². The number of carbonyl (C=O) groups is 2. The van der Waals surface area contributed by atoms with E-state index in [1.54, 1.807) is 0 Å². The van der Waals surface area contributed by atoms with Crippen molar-refractivity contribution in [3.8, 4) is 0 Å². The molecule has 3 atom stereocenters. The van der Waals surface area contributed by atoms with E-state index in [1.165, 1.54) is 43.5 Å². The molecule has 0 aliphatic heterocycles. The van der Waals surface area contributed by atoms with Crippen LogP contribution in [0.1, 0.15) is 32.1 Å². The Labute approximate surface area is 129 Å². The summed E-state index contributed by atoms with van der Waals surface area (Å²) in [6.45, 7) is -0.295. The summed E-state index contributed by atoms with van der Waals surface area (Å²) in [5.74, 6) is 0.830. The smallest absolute Gasteiger partial charge is 0.306 e. The first-order valence-corrected chi connectivity index (χ1v) is 7.81. The molecule has 0 spiro atoms. The number of amides is 1. The first-order chi connectivity index (χ1) is 10.6. The van der Waals surface area contributed by atoms with Gasteiger partial charge in [-0.1, -0.05) is 6.42 Å². The van der Waals surface area contributed by atoms with Gasteiger partial charge in [0.05, 0.1) is 0 Å². The van der Waals surface area contributed by atoms with Crippen LogP contribution in [-0.4, -0.2) is 18.5 Å². The molecule has 5 heteroatoms. The van der Waals surface area contributed by atoms with Gasteiger partial charge in [-0.25, -0.2) is 4.39 Å². The van der Waals surface area contributed by atoms with Crippen LogP contribution in [0.25, 0.3) is 0 Å². The molecule has 118 valence electrons. The lowest BCUT2D eigenvalue weighted by atomic mass is 9.86. The summed E-state index contributed by atoms with van der Waals surface area (Å²) in [7, 11) is 0. The summed E-state index contributed by atoms with van der Waals surface area (Å²) in [5, 5.41) is 2.56. The average Bonchev–Trinajstić information content (AvgIpc) is 3.10. The fraction of sp³-hybridized carbons (Fsp3) is 0.529. The maximum Gasteiger partial charge on any atom is 0.306 e. The maximum atomic E-state index is 12.8. The summed E-state index contributed by atoms with van der Waals surface area (Å²) in [6.07, 6.45) is 5.33. The highest BCUT2D eigenvalue weighted by Gasteiger charge is 2.40. The van der Waals surface area contributed by atoms with Gasteiger partial charge in [-0.15, -0.1) is 0 Å². The summed E-state index contributed by atoms with van der Waals surface area (Å²) in [4.78, 5) is 23.5. The minimum atomic E-state index is -0.409. The SMILES string of the molecule is O=C(COC(=O)C[C@H]1C[C@H]2CC[C@H]1C2)Nc1ccc(F)cc1. The quantitative estimate of drug-likeness (QED) is 0.850. The van der Waals surface area contributed by atoms with Crippen molar-refractivity contribution in [2.45, 2.75) is 32.1 Å². The number of hydrogen-bond acceptors (Lipinski definition) is 3. The second-order valence-electron chi connectivity index (χ2n) is 6.35.